The van der Waals surface area contributed by atoms with E-state index in [0.717, 1.165) is 26.7 Å². The van der Waals surface area contributed by atoms with E-state index in [0.29, 0.717) is 21.4 Å². The van der Waals surface area contributed by atoms with Crippen LogP contribution in [0, 0.1) is 12.3 Å². The highest BCUT2D eigenvalue weighted by Gasteiger charge is 2.34. The van der Waals surface area contributed by atoms with E-state index < -0.39 is 5.91 Å². The van der Waals surface area contributed by atoms with E-state index in [-0.39, 0.29) is 23.3 Å². The van der Waals surface area contributed by atoms with Crippen LogP contribution in [-0.2, 0) is 11.4 Å². The number of rotatable bonds is 5. The number of hydrogen-bond donors (Lipinski definition) is 0. The fourth-order valence-electron chi connectivity index (χ4n) is 2.43. The maximum Gasteiger partial charge on any atom is 0.294 e. The zero-order valence-corrected chi connectivity index (χ0v) is 18.2. The first-order chi connectivity index (χ1) is 13.4. The highest BCUT2D eigenvalue weighted by atomic mass is 79.9. The van der Waals surface area contributed by atoms with Crippen molar-refractivity contribution in [3.05, 3.63) is 66.9 Å². The lowest BCUT2D eigenvalue weighted by atomic mass is 10.1. The summed E-state index contributed by atoms with van der Waals surface area (Å²) in [4.78, 5) is 25.7. The summed E-state index contributed by atoms with van der Waals surface area (Å²) in [5.41, 5.74) is 1.42. The van der Waals surface area contributed by atoms with Crippen LogP contribution in [0.3, 0.4) is 0 Å². The quantitative estimate of drug-likeness (QED) is 0.376. The molecule has 2 amide bonds. The first-order valence-electron chi connectivity index (χ1n) is 7.94. The van der Waals surface area contributed by atoms with Crippen LogP contribution in [0.5, 0.6) is 5.75 Å². The second-order valence-corrected chi connectivity index (χ2v) is 8.43. The van der Waals surface area contributed by atoms with Crippen LogP contribution < -0.4 is 4.74 Å². The van der Waals surface area contributed by atoms with Crippen molar-refractivity contribution in [1.29, 1.82) is 0 Å². The Morgan fingerprint density at radius 1 is 1.21 bits per heavy atom. The molecule has 0 spiro atoms. The number of carbonyl (C=O) groups is 2. The minimum Gasteiger partial charge on any atom is -0.488 e. The third-order valence-corrected chi connectivity index (χ3v) is 5.77. The van der Waals surface area contributed by atoms with Crippen molar-refractivity contribution in [1.82, 2.24) is 4.90 Å². The Kier molecular flexibility index (Phi) is 6.73. The maximum atomic E-state index is 12.4. The maximum absolute atomic E-state index is 12.4. The molecule has 1 fully saturated rings. The van der Waals surface area contributed by atoms with Gasteiger partial charge in [0.25, 0.3) is 11.1 Å². The van der Waals surface area contributed by atoms with Gasteiger partial charge in [0.1, 0.15) is 12.4 Å². The van der Waals surface area contributed by atoms with E-state index in [2.05, 4.69) is 21.9 Å². The normalized spacial score (nSPS) is 15.2. The predicted molar refractivity (Wildman–Crippen MR) is 116 cm³/mol. The fraction of sp³-hybridized carbons (Fsp3) is 0.100. The smallest absolute Gasteiger partial charge is 0.294 e. The van der Waals surface area contributed by atoms with Gasteiger partial charge < -0.3 is 4.74 Å². The Morgan fingerprint density at radius 2 is 2.00 bits per heavy atom. The number of hydrogen-bond acceptors (Lipinski definition) is 4. The number of benzene rings is 2. The van der Waals surface area contributed by atoms with Crippen molar-refractivity contribution in [2.45, 2.75) is 6.61 Å². The molecule has 142 valence electrons. The van der Waals surface area contributed by atoms with Crippen molar-refractivity contribution in [2.24, 2.45) is 0 Å². The molecule has 1 saturated heterocycles. The minimum absolute atomic E-state index is 0.0566. The van der Waals surface area contributed by atoms with Gasteiger partial charge in [-0.1, -0.05) is 51.1 Å². The van der Waals surface area contributed by atoms with Crippen molar-refractivity contribution in [3.8, 4) is 18.1 Å². The Hall–Kier alpha value is -1.91. The number of ether oxygens (including phenoxy) is 1. The summed E-state index contributed by atoms with van der Waals surface area (Å²) in [6, 6.07) is 10.6. The molecular weight excluding hydrogens is 485 g/mol. The number of carbonyl (C=O) groups excluding carboxylic acids is 2. The molecule has 2 aromatic rings. The number of halogens is 3. The Balaban J connectivity index is 1.86. The zero-order chi connectivity index (χ0) is 20.3. The summed E-state index contributed by atoms with van der Waals surface area (Å²) in [5, 5.41) is 0.655. The molecule has 0 atom stereocenters. The lowest BCUT2D eigenvalue weighted by molar-refractivity contribution is -0.122. The molecule has 3 rings (SSSR count). The van der Waals surface area contributed by atoms with E-state index >= 15 is 0 Å². The molecular formula is C20H12BrCl2NO3S. The third kappa shape index (κ3) is 4.73. The molecule has 0 aromatic heterocycles. The first kappa shape index (κ1) is 20.8. The topological polar surface area (TPSA) is 46.6 Å². The molecule has 2 aromatic carbocycles. The summed E-state index contributed by atoms with van der Waals surface area (Å²) in [7, 11) is 0. The summed E-state index contributed by atoms with van der Waals surface area (Å²) >= 11 is 16.4. The molecule has 1 aliphatic rings. The zero-order valence-electron chi connectivity index (χ0n) is 14.2. The molecule has 0 unspecified atom stereocenters. The van der Waals surface area contributed by atoms with Gasteiger partial charge >= 0.3 is 0 Å². The molecule has 28 heavy (non-hydrogen) atoms. The SMILES string of the molecule is C#CCN1C(=O)SC(=Cc2cc(Br)ccc2OCc2ccc(Cl)cc2Cl)C1=O. The second kappa shape index (κ2) is 9.06. The third-order valence-electron chi connectivity index (χ3n) is 3.78. The molecule has 4 nitrogen and oxygen atoms in total. The summed E-state index contributed by atoms with van der Waals surface area (Å²) < 4.78 is 6.71. The number of terminal acetylenes is 1. The standard InChI is InChI=1S/C20H12BrCl2NO3S/c1-2-7-24-19(25)18(28-20(24)26)9-13-8-14(21)4-6-17(13)27-11-12-3-5-15(22)10-16(12)23/h1,3-6,8-10H,7,11H2. The number of thioether (sulfide) groups is 1. The minimum atomic E-state index is -0.417. The van der Waals surface area contributed by atoms with E-state index in [4.69, 9.17) is 34.4 Å². The van der Waals surface area contributed by atoms with Crippen LogP contribution in [0.4, 0.5) is 4.79 Å². The van der Waals surface area contributed by atoms with Crippen LogP contribution in [0.1, 0.15) is 11.1 Å². The molecule has 0 saturated carbocycles. The van der Waals surface area contributed by atoms with Gasteiger partial charge in [-0.05, 0) is 48.2 Å². The number of imide groups is 1. The second-order valence-electron chi connectivity index (χ2n) is 5.68. The first-order valence-corrected chi connectivity index (χ1v) is 10.3. The van der Waals surface area contributed by atoms with Gasteiger partial charge in [-0.3, -0.25) is 14.5 Å². The van der Waals surface area contributed by atoms with Crippen LogP contribution >= 0.6 is 50.9 Å². The Labute approximate surface area is 185 Å². The molecule has 0 radical (unpaired) electrons. The van der Waals surface area contributed by atoms with E-state index in [9.17, 15) is 9.59 Å². The lowest BCUT2D eigenvalue weighted by Gasteiger charge is -2.12. The van der Waals surface area contributed by atoms with Crippen molar-refractivity contribution in [2.75, 3.05) is 6.54 Å². The molecule has 8 heteroatoms. The van der Waals surface area contributed by atoms with Gasteiger partial charge in [0, 0.05) is 25.6 Å². The van der Waals surface area contributed by atoms with Crippen LogP contribution in [0.25, 0.3) is 6.08 Å². The van der Waals surface area contributed by atoms with Gasteiger partial charge in [-0.25, -0.2) is 0 Å². The summed E-state index contributed by atoms with van der Waals surface area (Å²) in [5.74, 6) is 2.44. The molecule has 1 aliphatic heterocycles. The highest BCUT2D eigenvalue weighted by Crippen LogP contribution is 2.35. The Bertz CT molecular complexity index is 1030. The molecule has 1 heterocycles. The average Bonchev–Trinajstić information content (AvgIpc) is 2.90. The van der Waals surface area contributed by atoms with Crippen molar-refractivity contribution < 1.29 is 14.3 Å². The average molecular weight is 497 g/mol. The molecule has 0 bridgehead atoms. The monoisotopic (exact) mass is 495 g/mol. The van der Waals surface area contributed by atoms with Gasteiger partial charge in [0.2, 0.25) is 0 Å². The fourth-order valence-corrected chi connectivity index (χ4v) is 4.10. The summed E-state index contributed by atoms with van der Waals surface area (Å²) in [6.07, 6.45) is 6.84. The van der Waals surface area contributed by atoms with Crippen molar-refractivity contribution >= 4 is 68.1 Å². The van der Waals surface area contributed by atoms with Gasteiger partial charge in [-0.2, -0.15) is 0 Å². The largest absolute Gasteiger partial charge is 0.488 e. The predicted octanol–water partition coefficient (Wildman–Crippen LogP) is 6.00. The molecule has 0 aliphatic carbocycles. The Morgan fingerprint density at radius 3 is 2.71 bits per heavy atom. The van der Waals surface area contributed by atoms with Crippen LogP contribution in [0.15, 0.2) is 45.8 Å². The van der Waals surface area contributed by atoms with E-state index in [1.54, 1.807) is 36.4 Å². The van der Waals surface area contributed by atoms with Crippen LogP contribution in [-0.4, -0.2) is 22.6 Å². The highest BCUT2D eigenvalue weighted by molar-refractivity contribution is 9.10. The number of amides is 2. The molecule has 0 N–H and O–H groups in total. The van der Waals surface area contributed by atoms with Crippen molar-refractivity contribution in [3.63, 3.8) is 0 Å². The van der Waals surface area contributed by atoms with E-state index in [1.807, 2.05) is 6.07 Å². The van der Waals surface area contributed by atoms with Crippen LogP contribution in [0.2, 0.25) is 10.0 Å². The van der Waals surface area contributed by atoms with Gasteiger partial charge in [0.05, 0.1) is 11.4 Å². The van der Waals surface area contributed by atoms with Gasteiger partial charge in [0.15, 0.2) is 0 Å². The number of nitrogens with zero attached hydrogens (tertiary/aromatic N) is 1. The van der Waals surface area contributed by atoms with E-state index in [1.165, 1.54) is 0 Å². The lowest BCUT2D eigenvalue weighted by Crippen LogP contribution is -2.28. The summed E-state index contributed by atoms with van der Waals surface area (Å²) in [6.45, 7) is 0.163. The van der Waals surface area contributed by atoms with Gasteiger partial charge in [-0.15, -0.1) is 6.42 Å².